The van der Waals surface area contributed by atoms with Crippen LogP contribution in [-0.4, -0.2) is 304 Å². The molecule has 18 N–H and O–H groups in total. The highest BCUT2D eigenvalue weighted by molar-refractivity contribution is 5.73. The maximum absolute atomic E-state index is 12.8. The molecule has 6 heterocycles. The first-order valence-corrected chi connectivity index (χ1v) is 22.8. The molecule has 0 aliphatic carbocycles. The van der Waals surface area contributed by atoms with Gasteiger partial charge in [0.25, 0.3) is 0 Å². The van der Waals surface area contributed by atoms with E-state index in [1.165, 1.54) is 13.0 Å². The van der Waals surface area contributed by atoms with Crippen LogP contribution in [0.4, 0.5) is 0 Å². The number of amides is 1. The maximum Gasteiger partial charge on any atom is 0.322 e. The molecule has 416 valence electrons. The minimum absolute atomic E-state index is 0.115. The van der Waals surface area contributed by atoms with Crippen LogP contribution in [0.1, 0.15) is 13.8 Å². The molecular weight excluding hydrogens is 986 g/mol. The van der Waals surface area contributed by atoms with Crippen LogP contribution in [0.2, 0.25) is 0 Å². The molecule has 31 nitrogen and oxygen atoms in total. The lowest BCUT2D eigenvalue weighted by Gasteiger charge is -2.49. The van der Waals surface area contributed by atoms with E-state index in [9.17, 15) is 91.6 Å². The van der Waals surface area contributed by atoms with Crippen molar-refractivity contribution in [2.45, 2.75) is 186 Å². The molecule has 0 aromatic heterocycles. The van der Waals surface area contributed by atoms with Gasteiger partial charge in [0.05, 0.1) is 45.7 Å². The van der Waals surface area contributed by atoms with Gasteiger partial charge in [0, 0.05) is 6.92 Å². The lowest BCUT2D eigenvalue weighted by molar-refractivity contribution is -0.382. The number of hydrogen-bond donors (Lipinski definition) is 18. The summed E-state index contributed by atoms with van der Waals surface area (Å²) in [5.41, 5.74) is 0. The summed E-state index contributed by atoms with van der Waals surface area (Å²) in [6, 6.07) is -1.81. The van der Waals surface area contributed by atoms with Gasteiger partial charge in [-0.2, -0.15) is 0 Å². The van der Waals surface area contributed by atoms with Crippen LogP contribution in [0.15, 0.2) is 24.4 Å². The Morgan fingerprint density at radius 1 is 0.528 bits per heavy atom. The van der Waals surface area contributed by atoms with Gasteiger partial charge in [-0.15, -0.1) is 6.58 Å². The Bertz CT molecular complexity index is 1770. The van der Waals surface area contributed by atoms with Crippen LogP contribution in [0.25, 0.3) is 0 Å². The average molecular weight is 1050 g/mol. The molecule has 0 aromatic carbocycles. The first-order chi connectivity index (χ1) is 34.2. The number of nitrogens with one attached hydrogen (secondary N) is 1. The summed E-state index contributed by atoms with van der Waals surface area (Å²) in [7, 11) is 0. The van der Waals surface area contributed by atoms with Crippen molar-refractivity contribution < 1.29 is 148 Å². The van der Waals surface area contributed by atoms with Crippen molar-refractivity contribution in [3.05, 3.63) is 24.4 Å². The molecule has 31 heteroatoms. The van der Waals surface area contributed by atoms with E-state index in [0.29, 0.717) is 0 Å². The van der Waals surface area contributed by atoms with Crippen LogP contribution < -0.4 is 5.32 Å². The molecule has 0 spiro atoms. The first-order valence-electron chi connectivity index (χ1n) is 22.8. The third-order valence-electron chi connectivity index (χ3n) is 12.9. The van der Waals surface area contributed by atoms with Gasteiger partial charge in [0.2, 0.25) is 11.7 Å². The van der Waals surface area contributed by atoms with Gasteiger partial charge < -0.3 is 149 Å². The number of carbonyl (C=O) groups is 1. The van der Waals surface area contributed by atoms with E-state index in [1.54, 1.807) is 0 Å². The topological polar surface area (TPSA) is 484 Å². The van der Waals surface area contributed by atoms with Crippen LogP contribution in [0.3, 0.4) is 0 Å². The number of ether oxygens (including phenoxy) is 12. The summed E-state index contributed by atoms with van der Waals surface area (Å²) < 4.78 is 68.1. The van der Waals surface area contributed by atoms with Crippen LogP contribution in [0, 0.1) is 0 Å². The third kappa shape index (κ3) is 12.3. The summed E-state index contributed by atoms with van der Waals surface area (Å²) in [4.78, 5) is 12.8. The predicted octanol–water partition coefficient (Wildman–Crippen LogP) is -10.7. The second-order valence-electron chi connectivity index (χ2n) is 17.8. The Morgan fingerprint density at radius 3 is 1.62 bits per heavy atom. The van der Waals surface area contributed by atoms with Gasteiger partial charge in [-0.05, 0) is 6.92 Å². The van der Waals surface area contributed by atoms with Crippen molar-refractivity contribution in [3.8, 4) is 0 Å². The Kier molecular flexibility index (Phi) is 20.7. The molecule has 0 radical (unpaired) electrons. The molecule has 72 heavy (non-hydrogen) atoms. The quantitative estimate of drug-likeness (QED) is 0.0534. The second-order valence-corrected chi connectivity index (χ2v) is 17.8. The van der Waals surface area contributed by atoms with E-state index in [4.69, 9.17) is 56.8 Å². The highest BCUT2D eigenvalue weighted by Gasteiger charge is 2.57. The maximum atomic E-state index is 12.8. The summed E-state index contributed by atoms with van der Waals surface area (Å²) in [6.07, 6.45) is -48.2. The van der Waals surface area contributed by atoms with E-state index in [2.05, 4.69) is 11.9 Å². The van der Waals surface area contributed by atoms with Crippen LogP contribution >= 0.6 is 0 Å². The van der Waals surface area contributed by atoms with Crippen molar-refractivity contribution in [3.63, 3.8) is 0 Å². The largest absolute Gasteiger partial charge is 0.504 e. The monoisotopic (exact) mass is 1050 g/mol. The van der Waals surface area contributed by atoms with Gasteiger partial charge in [-0.3, -0.25) is 4.79 Å². The Hall–Kier alpha value is -2.69. The summed E-state index contributed by atoms with van der Waals surface area (Å²) in [5, 5.41) is 185. The molecule has 0 aromatic rings. The first kappa shape index (κ1) is 58.6. The Balaban J connectivity index is 1.25. The number of carbonyl (C=O) groups excluding carboxylic acids is 1. The fraction of sp³-hybridized carbons (Fsp3) is 0.878. The molecule has 17 unspecified atom stereocenters. The summed E-state index contributed by atoms with van der Waals surface area (Å²) >= 11 is 0. The number of aliphatic hydroxyl groups excluding tert-OH is 17. The van der Waals surface area contributed by atoms with Gasteiger partial charge in [0.1, 0.15) is 116 Å². The minimum atomic E-state index is -2.14. The number of hydrogen-bond acceptors (Lipinski definition) is 30. The SMILES string of the molecule is C=CCO[C@@H]1OC(CO)[C@@H](O[C@@H]2OC(CO)[C@H](OC3=C(O)C(O[C@@H]4OC(CO)[C@H](O)C(OC5OC(CO)[C@H](O)C(O)[C@@H]5O[C@@H]5OC(C)[C@@H](O)C(O)C5O)C4NC(C)=O)[C@@H](O)C(CO)O3)C(O)C2O)C(O)C1O. The smallest absolute Gasteiger partial charge is 0.322 e. The Morgan fingerprint density at radius 2 is 1.01 bits per heavy atom. The minimum Gasteiger partial charge on any atom is -0.504 e. The van der Waals surface area contributed by atoms with Crippen molar-refractivity contribution in [2.75, 3.05) is 39.6 Å². The highest BCUT2D eigenvalue weighted by atomic mass is 16.8. The molecule has 28 atom stereocenters. The van der Waals surface area contributed by atoms with E-state index in [1.807, 2.05) is 0 Å². The van der Waals surface area contributed by atoms with E-state index in [-0.39, 0.29) is 6.61 Å². The predicted molar refractivity (Wildman–Crippen MR) is 223 cm³/mol. The lowest BCUT2D eigenvalue weighted by atomic mass is 9.94. The zero-order valence-corrected chi connectivity index (χ0v) is 38.6. The Labute approximate surface area is 408 Å². The van der Waals surface area contributed by atoms with Crippen LogP contribution in [-0.2, 0) is 61.6 Å². The van der Waals surface area contributed by atoms with Crippen molar-refractivity contribution in [1.29, 1.82) is 0 Å². The lowest BCUT2D eigenvalue weighted by Crippen LogP contribution is -2.69. The molecule has 0 bridgehead atoms. The average Bonchev–Trinajstić information content (AvgIpc) is 3.36. The molecule has 0 saturated carbocycles. The second kappa shape index (κ2) is 25.4. The van der Waals surface area contributed by atoms with Gasteiger partial charge in [-0.1, -0.05) is 6.08 Å². The molecule has 5 fully saturated rings. The zero-order chi connectivity index (χ0) is 53.0. The van der Waals surface area contributed by atoms with Crippen molar-refractivity contribution in [2.24, 2.45) is 0 Å². The summed E-state index contributed by atoms with van der Waals surface area (Å²) in [6.45, 7) is 0.813. The van der Waals surface area contributed by atoms with Gasteiger partial charge >= 0.3 is 5.95 Å². The van der Waals surface area contributed by atoms with E-state index < -0.39 is 222 Å². The third-order valence-corrected chi connectivity index (χ3v) is 12.9. The van der Waals surface area contributed by atoms with Crippen molar-refractivity contribution in [1.82, 2.24) is 5.32 Å². The van der Waals surface area contributed by atoms with Crippen LogP contribution in [0.5, 0.6) is 0 Å². The standard InChI is InChI=1S/C41H67NO30/c1-4-5-61-37-28(58)25(55)31(16(9-46)66-37)68-39-29(59)26(56)32(17(10-47)67-39)69-40-30(60)34(22(52)15(8-45)64-40)71-36-18(42-12(3)48)33(21(51)14(7-44)63-36)70-41-35(24(54)20(50)13(6-43)65-41)72-38-27(57)23(53)19(49)11(2)62-38/h4,11,13-29,31-39,41,43-47,49-60H,1,5-10H2,2-3H3,(H,42,48)/t11?,13?,14?,15?,16?,17?,18?,19-,20+,21+,22+,23?,24?,25?,26?,27?,28?,29?,31-,32+,33?,34?,35+,36+,37-,38+,39+,41?/m1/s1. The highest BCUT2D eigenvalue weighted by Crippen LogP contribution is 2.38. The number of aliphatic hydroxyl groups is 17. The molecular formula is C41H67NO30. The van der Waals surface area contributed by atoms with E-state index >= 15 is 0 Å². The van der Waals surface area contributed by atoms with Crippen molar-refractivity contribution >= 4 is 5.91 Å². The molecule has 6 aliphatic rings. The molecule has 6 aliphatic heterocycles. The molecule has 1 amide bonds. The van der Waals surface area contributed by atoms with Gasteiger partial charge in [0.15, 0.2) is 49.8 Å². The fourth-order valence-electron chi connectivity index (χ4n) is 8.85. The number of rotatable bonds is 19. The van der Waals surface area contributed by atoms with E-state index in [0.717, 1.165) is 6.92 Å². The normalized spacial score (nSPS) is 48.1. The van der Waals surface area contributed by atoms with Gasteiger partial charge in [-0.25, -0.2) is 0 Å². The summed E-state index contributed by atoms with van der Waals surface area (Å²) in [5.74, 6) is -3.07. The zero-order valence-electron chi connectivity index (χ0n) is 38.6. The molecule has 6 rings (SSSR count). The fourth-order valence-corrected chi connectivity index (χ4v) is 8.85. The molecule has 5 saturated heterocycles.